The zero-order chi connectivity index (χ0) is 12.4. The molecule has 1 radical (unpaired) electrons. The van der Waals surface area contributed by atoms with E-state index in [1.165, 1.54) is 0 Å². The zero-order valence-corrected chi connectivity index (χ0v) is 12.9. The Hall–Kier alpha value is -1.70. The first-order chi connectivity index (χ1) is 8.86. The van der Waals surface area contributed by atoms with Gasteiger partial charge in [0, 0.05) is 31.1 Å². The van der Waals surface area contributed by atoms with Crippen LogP contribution in [-0.4, -0.2) is 12.1 Å². The number of fused-ring (bicyclic) bond motifs is 1. The third-order valence-electron chi connectivity index (χ3n) is 2.98. The van der Waals surface area contributed by atoms with Gasteiger partial charge in [0.05, 0.1) is 18.3 Å². The van der Waals surface area contributed by atoms with Gasteiger partial charge in [0.15, 0.2) is 0 Å². The van der Waals surface area contributed by atoms with E-state index < -0.39 is 0 Å². The normalized spacial score (nSPS) is 9.95. The summed E-state index contributed by atoms with van der Waals surface area (Å²) >= 11 is 0. The molecule has 0 spiro atoms. The quantitative estimate of drug-likeness (QED) is 0.619. The van der Waals surface area contributed by atoms with Crippen LogP contribution in [0.2, 0.25) is 0 Å². The smallest absolute Gasteiger partial charge is 0.118 e. The van der Waals surface area contributed by atoms with Gasteiger partial charge in [-0.15, -0.1) is 0 Å². The van der Waals surface area contributed by atoms with E-state index in [-0.39, 0.29) is 20.1 Å². The molecule has 0 saturated heterocycles. The zero-order valence-electron chi connectivity index (χ0n) is 10.5. The van der Waals surface area contributed by atoms with Gasteiger partial charge in [-0.25, -0.2) is 4.98 Å². The summed E-state index contributed by atoms with van der Waals surface area (Å²) in [5, 5.41) is 1.16. The fraction of sp³-hybridized carbons (Fsp3) is 0.0625. The molecular weight excluding hydrogens is 414 g/mol. The Balaban J connectivity index is 0.00000133. The third kappa shape index (κ3) is 2.83. The second kappa shape index (κ2) is 5.96. The second-order valence-corrected chi connectivity index (χ2v) is 4.12. The molecule has 0 aliphatic carbocycles. The predicted octanol–water partition coefficient (Wildman–Crippen LogP) is 3.91. The van der Waals surface area contributed by atoms with Crippen molar-refractivity contribution in [2.75, 3.05) is 7.11 Å². The van der Waals surface area contributed by atoms with E-state index in [0.29, 0.717) is 0 Å². The summed E-state index contributed by atoms with van der Waals surface area (Å²) in [5.41, 5.74) is 3.10. The Labute approximate surface area is 125 Å². The van der Waals surface area contributed by atoms with Crippen molar-refractivity contribution in [3.63, 3.8) is 0 Å². The van der Waals surface area contributed by atoms with Gasteiger partial charge < -0.3 is 4.74 Å². The Morgan fingerprint density at radius 3 is 2.32 bits per heavy atom. The molecule has 0 N–H and O–H groups in total. The maximum absolute atomic E-state index is 5.15. The number of ether oxygens (including phenoxy) is 1. The van der Waals surface area contributed by atoms with Crippen LogP contribution in [-0.2, 0) is 20.1 Å². The first-order valence-corrected chi connectivity index (χ1v) is 5.87. The molecule has 3 aromatic rings. The van der Waals surface area contributed by atoms with E-state index in [0.717, 1.165) is 27.9 Å². The minimum absolute atomic E-state index is 0. The maximum atomic E-state index is 5.15. The van der Waals surface area contributed by atoms with E-state index in [4.69, 9.17) is 4.74 Å². The molecule has 0 aliphatic heterocycles. The van der Waals surface area contributed by atoms with Crippen molar-refractivity contribution < 1.29 is 24.8 Å². The van der Waals surface area contributed by atoms with Crippen molar-refractivity contribution >= 4 is 10.9 Å². The summed E-state index contributed by atoms with van der Waals surface area (Å²) in [6, 6.07) is 20.2. The molecule has 1 heterocycles. The van der Waals surface area contributed by atoms with E-state index in [9.17, 15) is 0 Å². The number of methoxy groups -OCH3 is 1. The van der Waals surface area contributed by atoms with Gasteiger partial charge in [0.1, 0.15) is 5.75 Å². The van der Waals surface area contributed by atoms with Crippen molar-refractivity contribution in [3.05, 3.63) is 60.7 Å². The topological polar surface area (TPSA) is 22.1 Å². The van der Waals surface area contributed by atoms with Crippen molar-refractivity contribution in [1.82, 2.24) is 4.98 Å². The summed E-state index contributed by atoms with van der Waals surface area (Å²) in [6.45, 7) is 0. The van der Waals surface area contributed by atoms with Crippen LogP contribution in [0.15, 0.2) is 60.7 Å². The average Bonchev–Trinajstić information content (AvgIpc) is 2.47. The molecule has 0 unspecified atom stereocenters. The number of hydrogen-bond donors (Lipinski definition) is 0. The summed E-state index contributed by atoms with van der Waals surface area (Å²) in [5.74, 6) is 0.861. The van der Waals surface area contributed by atoms with E-state index in [1.807, 2.05) is 48.5 Å². The fourth-order valence-electron chi connectivity index (χ4n) is 1.99. The van der Waals surface area contributed by atoms with Gasteiger partial charge in [-0.05, 0) is 36.4 Å². The number of para-hydroxylation sites is 1. The van der Waals surface area contributed by atoms with E-state index in [1.54, 1.807) is 7.11 Å². The molecule has 0 bridgehead atoms. The number of rotatable bonds is 2. The van der Waals surface area contributed by atoms with Crippen molar-refractivity contribution in [2.45, 2.75) is 0 Å². The number of nitrogens with zero attached hydrogens (tertiary/aromatic N) is 1. The van der Waals surface area contributed by atoms with Crippen LogP contribution < -0.4 is 4.74 Å². The van der Waals surface area contributed by atoms with Gasteiger partial charge in [0.2, 0.25) is 0 Å². The summed E-state index contributed by atoms with van der Waals surface area (Å²) in [6.07, 6.45) is 0. The molecule has 2 aromatic carbocycles. The van der Waals surface area contributed by atoms with Gasteiger partial charge >= 0.3 is 0 Å². The van der Waals surface area contributed by atoms with Gasteiger partial charge in [-0.1, -0.05) is 24.3 Å². The number of hydrogen-bond acceptors (Lipinski definition) is 2. The minimum Gasteiger partial charge on any atom is -0.497 e. The average molecular weight is 428 g/mol. The molecule has 1 aromatic heterocycles. The molecule has 0 fully saturated rings. The van der Waals surface area contributed by atoms with Crippen molar-refractivity contribution in [1.29, 1.82) is 0 Å². The van der Waals surface area contributed by atoms with Crippen LogP contribution >= 0.6 is 0 Å². The standard InChI is InChI=1S/C16H13NO.Ir/c1-18-14-9-6-13(7-10-14)16-11-8-12-4-2-3-5-15(12)17-16;/h2-11H,1H3;. The second-order valence-electron chi connectivity index (χ2n) is 4.12. The fourth-order valence-corrected chi connectivity index (χ4v) is 1.99. The largest absolute Gasteiger partial charge is 0.497 e. The summed E-state index contributed by atoms with van der Waals surface area (Å²) < 4.78 is 5.15. The van der Waals surface area contributed by atoms with E-state index in [2.05, 4.69) is 17.1 Å². The van der Waals surface area contributed by atoms with Crippen LogP contribution in [0.1, 0.15) is 0 Å². The van der Waals surface area contributed by atoms with Gasteiger partial charge in [-0.3, -0.25) is 0 Å². The molecule has 3 rings (SSSR count). The summed E-state index contributed by atoms with van der Waals surface area (Å²) in [7, 11) is 1.67. The summed E-state index contributed by atoms with van der Waals surface area (Å²) in [4.78, 5) is 4.66. The Bertz CT molecular complexity index is 680. The SMILES string of the molecule is COc1ccc(-c2ccc3ccccc3n2)cc1.[Ir]. The number of aromatic nitrogens is 1. The van der Waals surface area contributed by atoms with Crippen LogP contribution in [0.3, 0.4) is 0 Å². The Morgan fingerprint density at radius 1 is 0.842 bits per heavy atom. The van der Waals surface area contributed by atoms with Crippen LogP contribution in [0.5, 0.6) is 5.75 Å². The number of pyridine rings is 1. The first-order valence-electron chi connectivity index (χ1n) is 5.87. The number of benzene rings is 2. The van der Waals surface area contributed by atoms with Crippen LogP contribution in [0, 0.1) is 0 Å². The molecule has 19 heavy (non-hydrogen) atoms. The Morgan fingerprint density at radius 2 is 1.58 bits per heavy atom. The van der Waals surface area contributed by atoms with E-state index >= 15 is 0 Å². The van der Waals surface area contributed by atoms with Crippen molar-refractivity contribution in [3.8, 4) is 17.0 Å². The molecule has 3 heteroatoms. The molecular formula is C16H13IrNO. The molecule has 0 atom stereocenters. The Kier molecular flexibility index (Phi) is 4.31. The van der Waals surface area contributed by atoms with Crippen LogP contribution in [0.4, 0.5) is 0 Å². The predicted molar refractivity (Wildman–Crippen MR) is 73.7 cm³/mol. The third-order valence-corrected chi connectivity index (χ3v) is 2.98. The minimum atomic E-state index is 0. The maximum Gasteiger partial charge on any atom is 0.118 e. The monoisotopic (exact) mass is 428 g/mol. The molecule has 0 amide bonds. The van der Waals surface area contributed by atoms with Crippen LogP contribution in [0.25, 0.3) is 22.2 Å². The molecule has 2 nitrogen and oxygen atoms in total. The van der Waals surface area contributed by atoms with Gasteiger partial charge in [0.25, 0.3) is 0 Å². The molecule has 97 valence electrons. The molecule has 0 aliphatic rings. The van der Waals surface area contributed by atoms with Crippen molar-refractivity contribution in [2.24, 2.45) is 0 Å². The van der Waals surface area contributed by atoms with Gasteiger partial charge in [-0.2, -0.15) is 0 Å². The molecule has 0 saturated carbocycles. The first kappa shape index (κ1) is 13.7.